The SMILES string of the molecule is CCCC(C)CC(NC)c1ccc(CC)cc1. The van der Waals surface area contributed by atoms with Crippen LogP contribution in [0.3, 0.4) is 0 Å². The van der Waals surface area contributed by atoms with Crippen molar-refractivity contribution in [2.75, 3.05) is 7.05 Å². The zero-order valence-corrected chi connectivity index (χ0v) is 11.8. The molecule has 1 nitrogen and oxygen atoms in total. The number of benzene rings is 1. The maximum atomic E-state index is 3.45. The van der Waals surface area contributed by atoms with Gasteiger partial charge in [-0.1, -0.05) is 57.9 Å². The van der Waals surface area contributed by atoms with E-state index in [4.69, 9.17) is 0 Å². The minimum absolute atomic E-state index is 0.502. The van der Waals surface area contributed by atoms with Gasteiger partial charge in [0.2, 0.25) is 0 Å². The third-order valence-corrected chi connectivity index (χ3v) is 3.56. The van der Waals surface area contributed by atoms with Crippen molar-refractivity contribution in [3.8, 4) is 0 Å². The topological polar surface area (TPSA) is 12.0 Å². The largest absolute Gasteiger partial charge is 0.313 e. The Morgan fingerprint density at radius 2 is 1.76 bits per heavy atom. The van der Waals surface area contributed by atoms with Gasteiger partial charge in [0.1, 0.15) is 0 Å². The van der Waals surface area contributed by atoms with E-state index in [9.17, 15) is 0 Å². The molecule has 0 heterocycles. The summed E-state index contributed by atoms with van der Waals surface area (Å²) in [5.41, 5.74) is 2.85. The summed E-state index contributed by atoms with van der Waals surface area (Å²) >= 11 is 0. The quantitative estimate of drug-likeness (QED) is 0.739. The maximum absolute atomic E-state index is 3.45. The summed E-state index contributed by atoms with van der Waals surface area (Å²) in [6, 6.07) is 9.56. The summed E-state index contributed by atoms with van der Waals surface area (Å²) < 4.78 is 0. The summed E-state index contributed by atoms with van der Waals surface area (Å²) in [6.45, 7) is 6.82. The molecule has 1 heteroatoms. The Bertz CT molecular complexity index is 302. The second kappa shape index (κ2) is 7.50. The van der Waals surface area contributed by atoms with E-state index in [-0.39, 0.29) is 0 Å². The monoisotopic (exact) mass is 233 g/mol. The van der Waals surface area contributed by atoms with Crippen LogP contribution in [0.15, 0.2) is 24.3 Å². The van der Waals surface area contributed by atoms with Crippen molar-refractivity contribution in [2.24, 2.45) is 5.92 Å². The molecule has 0 saturated heterocycles. The van der Waals surface area contributed by atoms with Crippen LogP contribution >= 0.6 is 0 Å². The highest BCUT2D eigenvalue weighted by Crippen LogP contribution is 2.23. The first-order valence-electron chi connectivity index (χ1n) is 6.97. The van der Waals surface area contributed by atoms with Crippen molar-refractivity contribution in [1.82, 2.24) is 5.32 Å². The van der Waals surface area contributed by atoms with Gasteiger partial charge in [-0.05, 0) is 36.9 Å². The molecule has 2 atom stereocenters. The van der Waals surface area contributed by atoms with E-state index in [1.54, 1.807) is 0 Å². The zero-order valence-electron chi connectivity index (χ0n) is 11.8. The van der Waals surface area contributed by atoms with Gasteiger partial charge in [-0.25, -0.2) is 0 Å². The van der Waals surface area contributed by atoms with Crippen LogP contribution in [0.5, 0.6) is 0 Å². The fraction of sp³-hybridized carbons (Fsp3) is 0.625. The maximum Gasteiger partial charge on any atom is 0.0320 e. The summed E-state index contributed by atoms with van der Waals surface area (Å²) in [5.74, 6) is 0.795. The molecular formula is C16H27N. The third kappa shape index (κ3) is 4.51. The predicted octanol–water partition coefficient (Wildman–Crippen LogP) is 4.34. The van der Waals surface area contributed by atoms with Crippen LogP contribution in [0.1, 0.15) is 57.2 Å². The minimum atomic E-state index is 0.502. The second-order valence-electron chi connectivity index (χ2n) is 5.07. The number of aryl methyl sites for hydroxylation is 1. The summed E-state index contributed by atoms with van der Waals surface area (Å²) in [4.78, 5) is 0. The Morgan fingerprint density at radius 1 is 1.12 bits per heavy atom. The average molecular weight is 233 g/mol. The van der Waals surface area contributed by atoms with Crippen LogP contribution in [0.25, 0.3) is 0 Å². The van der Waals surface area contributed by atoms with Crippen molar-refractivity contribution < 1.29 is 0 Å². The number of hydrogen-bond donors (Lipinski definition) is 1. The van der Waals surface area contributed by atoms with Crippen molar-refractivity contribution in [3.05, 3.63) is 35.4 Å². The molecule has 0 aliphatic rings. The van der Waals surface area contributed by atoms with E-state index >= 15 is 0 Å². The lowest BCUT2D eigenvalue weighted by atomic mass is 9.92. The molecule has 2 unspecified atom stereocenters. The Hall–Kier alpha value is -0.820. The predicted molar refractivity (Wildman–Crippen MR) is 76.3 cm³/mol. The van der Waals surface area contributed by atoms with Crippen molar-refractivity contribution >= 4 is 0 Å². The number of nitrogens with one attached hydrogen (secondary N) is 1. The van der Waals surface area contributed by atoms with Gasteiger partial charge < -0.3 is 5.32 Å². The van der Waals surface area contributed by atoms with Gasteiger partial charge in [-0.3, -0.25) is 0 Å². The molecule has 1 N–H and O–H groups in total. The highest BCUT2D eigenvalue weighted by atomic mass is 14.9. The molecule has 0 aromatic heterocycles. The van der Waals surface area contributed by atoms with E-state index in [0.29, 0.717) is 6.04 Å². The van der Waals surface area contributed by atoms with Gasteiger partial charge in [0, 0.05) is 6.04 Å². The molecule has 1 rings (SSSR count). The zero-order chi connectivity index (χ0) is 12.7. The molecule has 96 valence electrons. The lowest BCUT2D eigenvalue weighted by Gasteiger charge is -2.21. The Labute approximate surface area is 107 Å². The first-order valence-corrected chi connectivity index (χ1v) is 6.97. The molecule has 0 fully saturated rings. The molecule has 1 aromatic carbocycles. The number of hydrogen-bond acceptors (Lipinski definition) is 1. The first-order chi connectivity index (χ1) is 8.21. The Morgan fingerprint density at radius 3 is 2.24 bits per heavy atom. The van der Waals surface area contributed by atoms with Crippen LogP contribution < -0.4 is 5.32 Å². The highest BCUT2D eigenvalue weighted by molar-refractivity contribution is 5.25. The van der Waals surface area contributed by atoms with Crippen molar-refractivity contribution in [2.45, 2.75) is 52.5 Å². The van der Waals surface area contributed by atoms with E-state index in [2.05, 4.69) is 57.4 Å². The Balaban J connectivity index is 2.65. The molecule has 17 heavy (non-hydrogen) atoms. The van der Waals surface area contributed by atoms with Crippen LogP contribution in [0.2, 0.25) is 0 Å². The second-order valence-corrected chi connectivity index (χ2v) is 5.07. The lowest BCUT2D eigenvalue weighted by molar-refractivity contribution is 0.407. The Kier molecular flexibility index (Phi) is 6.28. The fourth-order valence-corrected chi connectivity index (χ4v) is 2.42. The van der Waals surface area contributed by atoms with E-state index in [1.165, 1.54) is 30.4 Å². The first kappa shape index (κ1) is 14.2. The van der Waals surface area contributed by atoms with Gasteiger partial charge in [0.25, 0.3) is 0 Å². The smallest absolute Gasteiger partial charge is 0.0320 e. The lowest BCUT2D eigenvalue weighted by Crippen LogP contribution is -2.19. The molecule has 0 radical (unpaired) electrons. The van der Waals surface area contributed by atoms with Gasteiger partial charge in [-0.15, -0.1) is 0 Å². The summed E-state index contributed by atoms with van der Waals surface area (Å²) in [5, 5.41) is 3.45. The van der Waals surface area contributed by atoms with Gasteiger partial charge >= 0.3 is 0 Å². The fourth-order valence-electron chi connectivity index (χ4n) is 2.42. The highest BCUT2D eigenvalue weighted by Gasteiger charge is 2.12. The van der Waals surface area contributed by atoms with E-state index in [0.717, 1.165) is 12.3 Å². The molecule has 0 spiro atoms. The van der Waals surface area contributed by atoms with Crippen molar-refractivity contribution in [3.63, 3.8) is 0 Å². The van der Waals surface area contributed by atoms with Crippen LogP contribution in [0, 0.1) is 5.92 Å². The summed E-state index contributed by atoms with van der Waals surface area (Å²) in [7, 11) is 2.07. The molecule has 0 aliphatic carbocycles. The van der Waals surface area contributed by atoms with E-state index < -0.39 is 0 Å². The summed E-state index contributed by atoms with van der Waals surface area (Å²) in [6.07, 6.45) is 4.96. The molecular weight excluding hydrogens is 206 g/mol. The third-order valence-electron chi connectivity index (χ3n) is 3.56. The van der Waals surface area contributed by atoms with Gasteiger partial charge in [0.05, 0.1) is 0 Å². The molecule has 0 amide bonds. The van der Waals surface area contributed by atoms with Crippen LogP contribution in [0.4, 0.5) is 0 Å². The van der Waals surface area contributed by atoms with Gasteiger partial charge in [0.15, 0.2) is 0 Å². The van der Waals surface area contributed by atoms with E-state index in [1.807, 2.05) is 0 Å². The molecule has 0 aliphatic heterocycles. The van der Waals surface area contributed by atoms with Crippen LogP contribution in [-0.2, 0) is 6.42 Å². The minimum Gasteiger partial charge on any atom is -0.313 e. The number of rotatable bonds is 7. The molecule has 1 aromatic rings. The van der Waals surface area contributed by atoms with Crippen molar-refractivity contribution in [1.29, 1.82) is 0 Å². The van der Waals surface area contributed by atoms with Gasteiger partial charge in [-0.2, -0.15) is 0 Å². The standard InChI is InChI=1S/C16H27N/c1-5-7-13(3)12-16(17-4)15-10-8-14(6-2)9-11-15/h8-11,13,16-17H,5-7,12H2,1-4H3. The molecule has 0 saturated carbocycles. The average Bonchev–Trinajstić information content (AvgIpc) is 2.36. The molecule has 0 bridgehead atoms. The normalized spacial score (nSPS) is 14.6. The van der Waals surface area contributed by atoms with Crippen LogP contribution in [-0.4, -0.2) is 7.05 Å².